The van der Waals surface area contributed by atoms with E-state index in [2.05, 4.69) is 20.1 Å². The second-order valence-electron chi connectivity index (χ2n) is 18.9. The number of hydrogen-bond acceptors (Lipinski definition) is 11. The van der Waals surface area contributed by atoms with Gasteiger partial charge in [0.15, 0.2) is 0 Å². The van der Waals surface area contributed by atoms with E-state index in [1.807, 2.05) is 36.1 Å². The molecule has 2 unspecified atom stereocenters. The average Bonchev–Trinajstić information content (AvgIpc) is 3.59. The number of rotatable bonds is 14. The van der Waals surface area contributed by atoms with Gasteiger partial charge in [0.05, 0.1) is 46.7 Å². The molecule has 0 radical (unpaired) electrons. The Morgan fingerprint density at radius 1 is 0.853 bits per heavy atom. The minimum atomic E-state index is -1.00. The first-order chi connectivity index (χ1) is 32.8. The number of ether oxygens (including phenoxy) is 2. The van der Waals surface area contributed by atoms with Crippen molar-refractivity contribution >= 4 is 63.6 Å². The van der Waals surface area contributed by atoms with Crippen LogP contribution in [0.5, 0.6) is 5.75 Å². The minimum absolute atomic E-state index is 0.0125. The number of nitrogens with two attached hydrogens (primary N) is 1. The highest BCUT2D eigenvalue weighted by Crippen LogP contribution is 2.47. The molecule has 3 N–H and O–H groups in total. The summed E-state index contributed by atoms with van der Waals surface area (Å²) in [5, 5.41) is 3.49. The fraction of sp³-hybridized carbons (Fsp3) is 0.471. The number of nitrogens with zero attached hydrogens (tertiary/aromatic N) is 5. The lowest BCUT2D eigenvalue weighted by atomic mass is 9.63. The van der Waals surface area contributed by atoms with Gasteiger partial charge in [-0.1, -0.05) is 17.7 Å². The molecule has 4 fully saturated rings. The van der Waals surface area contributed by atoms with Crippen LogP contribution in [-0.2, 0) is 29.3 Å². The second kappa shape index (κ2) is 19.9. The van der Waals surface area contributed by atoms with Gasteiger partial charge in [-0.05, 0) is 117 Å². The lowest BCUT2D eigenvalue weighted by Gasteiger charge is -2.40. The van der Waals surface area contributed by atoms with Crippen LogP contribution in [0.3, 0.4) is 0 Å². The van der Waals surface area contributed by atoms with Crippen LogP contribution < -0.4 is 20.7 Å². The molecule has 3 aromatic carbocycles. The number of pyridine rings is 1. The molecule has 4 aliphatic heterocycles. The van der Waals surface area contributed by atoms with Crippen molar-refractivity contribution < 1.29 is 42.6 Å². The van der Waals surface area contributed by atoms with Crippen molar-refractivity contribution in [1.82, 2.24) is 25.0 Å². The summed E-state index contributed by atoms with van der Waals surface area (Å²) in [6, 6.07) is 16.3. The van der Waals surface area contributed by atoms with Gasteiger partial charge in [0.2, 0.25) is 23.6 Å². The lowest BCUT2D eigenvalue weighted by molar-refractivity contribution is -0.136. The van der Waals surface area contributed by atoms with Crippen LogP contribution >= 0.6 is 11.6 Å². The van der Waals surface area contributed by atoms with E-state index in [1.165, 1.54) is 6.07 Å². The molecular weight excluding hydrogens is 893 g/mol. The zero-order valence-corrected chi connectivity index (χ0v) is 39.0. The number of primary amides is 1. The number of fused-ring (bicyclic) bond motifs is 2. The number of benzene rings is 3. The predicted octanol–water partition coefficient (Wildman–Crippen LogP) is 5.74. The zero-order chi connectivity index (χ0) is 47.7. The zero-order valence-electron chi connectivity index (χ0n) is 38.2. The number of piperazine rings is 1. The van der Waals surface area contributed by atoms with Gasteiger partial charge in [-0.3, -0.25) is 48.9 Å². The molecule has 358 valence electrons. The van der Waals surface area contributed by atoms with Crippen LogP contribution in [0.2, 0.25) is 5.02 Å². The SMILES string of the molecule is CC(C(N)=O)(c1ccc(Cl)c(OC2CCN(C(=O)CCOCCN3CCN(c4ccc5c(c4)C(=O)N(C4CCC(=O)NC4=O)C5=O)CC3)CC2)c1)C1CCC(c2ccnc3ccc(F)cc23)CC1. The highest BCUT2D eigenvalue weighted by atomic mass is 35.5. The Hall–Kier alpha value is -5.97. The Labute approximate surface area is 399 Å². The van der Waals surface area contributed by atoms with Gasteiger partial charge in [-0.25, -0.2) is 4.39 Å². The summed E-state index contributed by atoms with van der Waals surface area (Å²) in [5.41, 5.74) is 9.19. The predicted molar refractivity (Wildman–Crippen MR) is 252 cm³/mol. The Balaban J connectivity index is 0.693. The third-order valence-corrected chi connectivity index (χ3v) is 15.3. The van der Waals surface area contributed by atoms with E-state index in [-0.39, 0.29) is 60.1 Å². The molecule has 1 aliphatic carbocycles. The Morgan fingerprint density at radius 3 is 2.34 bits per heavy atom. The lowest BCUT2D eigenvalue weighted by Crippen LogP contribution is -2.54. The molecule has 5 heterocycles. The van der Waals surface area contributed by atoms with Gasteiger partial charge in [0.1, 0.15) is 23.7 Å². The van der Waals surface area contributed by atoms with Gasteiger partial charge in [0, 0.05) is 82.3 Å². The van der Waals surface area contributed by atoms with Crippen LogP contribution in [0.15, 0.2) is 66.9 Å². The number of piperidine rings is 2. The maximum atomic E-state index is 14.2. The van der Waals surface area contributed by atoms with E-state index >= 15 is 0 Å². The molecule has 1 saturated carbocycles. The number of imide groups is 2. The average molecular weight is 951 g/mol. The van der Waals surface area contributed by atoms with Crippen molar-refractivity contribution in [2.24, 2.45) is 11.7 Å². The monoisotopic (exact) mass is 949 g/mol. The molecule has 0 bridgehead atoms. The maximum Gasteiger partial charge on any atom is 0.262 e. The summed E-state index contributed by atoms with van der Waals surface area (Å²) >= 11 is 6.68. The number of aromatic nitrogens is 1. The minimum Gasteiger partial charge on any atom is -0.489 e. The highest BCUT2D eigenvalue weighted by molar-refractivity contribution is 6.32. The number of amides is 6. The van der Waals surface area contributed by atoms with E-state index < -0.39 is 41.0 Å². The van der Waals surface area contributed by atoms with Gasteiger partial charge < -0.3 is 25.0 Å². The van der Waals surface area contributed by atoms with E-state index in [9.17, 15) is 33.2 Å². The van der Waals surface area contributed by atoms with Crippen LogP contribution in [0.25, 0.3) is 10.9 Å². The molecule has 3 saturated heterocycles. The molecule has 9 rings (SSSR count). The number of halogens is 2. The normalized spacial score (nSPS) is 22.6. The molecule has 17 heteroatoms. The Kier molecular flexibility index (Phi) is 13.8. The van der Waals surface area contributed by atoms with Crippen molar-refractivity contribution in [1.29, 1.82) is 0 Å². The summed E-state index contributed by atoms with van der Waals surface area (Å²) in [5.74, 6) is -2.05. The molecule has 4 aromatic rings. The standard InChI is InChI=1S/C51H57ClFN7O8/c1-51(50(54)66,32-4-2-31(3-5-32)37-14-18-55-42-11-7-34(53)29-39(37)42)33-6-10-41(52)44(28-33)68-36-15-19-59(20-16-36)46(62)17-26-67-27-25-57-21-23-58(24-22-57)35-8-9-38-40(30-35)49(65)60(48(38)64)43-12-13-45(61)56-47(43)63/h6-11,14,18,28-32,36,43H,2-5,12-13,15-17,19-27H2,1H3,(H2,54,66)(H,56,61,63). The molecular formula is C51H57ClFN7O8. The first-order valence-electron chi connectivity index (χ1n) is 23.8. The van der Waals surface area contributed by atoms with Gasteiger partial charge >= 0.3 is 0 Å². The van der Waals surface area contributed by atoms with E-state index in [4.69, 9.17) is 26.8 Å². The van der Waals surface area contributed by atoms with Gasteiger partial charge in [-0.2, -0.15) is 0 Å². The molecule has 1 aromatic heterocycles. The number of hydrogen-bond donors (Lipinski definition) is 2. The number of likely N-dealkylation sites (tertiary alicyclic amines) is 1. The molecule has 15 nitrogen and oxygen atoms in total. The van der Waals surface area contributed by atoms with E-state index in [1.54, 1.807) is 36.5 Å². The third-order valence-electron chi connectivity index (χ3n) is 15.0. The van der Waals surface area contributed by atoms with E-state index in [0.29, 0.717) is 69.6 Å². The van der Waals surface area contributed by atoms with Crippen molar-refractivity contribution in [3.63, 3.8) is 0 Å². The first-order valence-corrected chi connectivity index (χ1v) is 24.2. The number of anilines is 1. The van der Waals surface area contributed by atoms with Crippen LogP contribution in [0.4, 0.5) is 10.1 Å². The number of carbonyl (C=O) groups excluding carboxylic acids is 6. The van der Waals surface area contributed by atoms with E-state index in [0.717, 1.165) is 71.4 Å². The number of carbonyl (C=O) groups is 6. The van der Waals surface area contributed by atoms with Crippen LogP contribution in [0, 0.1) is 11.7 Å². The second-order valence-corrected chi connectivity index (χ2v) is 19.3. The molecule has 2 atom stereocenters. The summed E-state index contributed by atoms with van der Waals surface area (Å²) in [6.07, 6.45) is 6.53. The topological polar surface area (TPSA) is 185 Å². The summed E-state index contributed by atoms with van der Waals surface area (Å²) < 4.78 is 26.6. The fourth-order valence-corrected chi connectivity index (χ4v) is 11.0. The highest BCUT2D eigenvalue weighted by Gasteiger charge is 2.46. The van der Waals surface area contributed by atoms with Crippen LogP contribution in [-0.4, -0.2) is 126 Å². The fourth-order valence-electron chi connectivity index (χ4n) is 10.9. The summed E-state index contributed by atoms with van der Waals surface area (Å²) in [6.45, 7) is 7.45. The smallest absolute Gasteiger partial charge is 0.262 e. The van der Waals surface area contributed by atoms with Gasteiger partial charge in [0.25, 0.3) is 11.8 Å². The van der Waals surface area contributed by atoms with Crippen LogP contribution in [0.1, 0.15) is 102 Å². The molecule has 5 aliphatic rings. The van der Waals surface area contributed by atoms with Gasteiger partial charge in [-0.15, -0.1) is 0 Å². The first kappa shape index (κ1) is 47.1. The quantitative estimate of drug-likeness (QED) is 0.116. The number of nitrogens with one attached hydrogen (secondary N) is 1. The van der Waals surface area contributed by atoms with Crippen molar-refractivity contribution in [2.45, 2.75) is 88.2 Å². The summed E-state index contributed by atoms with van der Waals surface area (Å²) in [4.78, 5) is 88.6. The largest absolute Gasteiger partial charge is 0.489 e. The Morgan fingerprint density at radius 2 is 1.60 bits per heavy atom. The molecule has 6 amide bonds. The maximum absolute atomic E-state index is 14.2. The molecule has 68 heavy (non-hydrogen) atoms. The van der Waals surface area contributed by atoms with Crippen molar-refractivity contribution in [3.8, 4) is 5.75 Å². The summed E-state index contributed by atoms with van der Waals surface area (Å²) in [7, 11) is 0. The third kappa shape index (κ3) is 9.55. The van der Waals surface area contributed by atoms with Crippen molar-refractivity contribution in [3.05, 3.63) is 100.0 Å². The van der Waals surface area contributed by atoms with Crippen molar-refractivity contribution in [2.75, 3.05) is 63.9 Å². The Bertz CT molecular complexity index is 2630. The molecule has 0 spiro atoms.